The highest BCUT2D eigenvalue weighted by Crippen LogP contribution is 2.28. The molecule has 0 aromatic carbocycles. The lowest BCUT2D eigenvalue weighted by Crippen LogP contribution is -2.40. The fourth-order valence-corrected chi connectivity index (χ4v) is 1.26. The van der Waals surface area contributed by atoms with Gasteiger partial charge >= 0.3 is 12.1 Å². The van der Waals surface area contributed by atoms with Crippen molar-refractivity contribution < 1.29 is 32.6 Å². The summed E-state index contributed by atoms with van der Waals surface area (Å²) in [4.78, 5) is 20.4. The maximum atomic E-state index is 11.5. The van der Waals surface area contributed by atoms with Crippen LogP contribution < -0.4 is 5.73 Å². The van der Waals surface area contributed by atoms with E-state index >= 15 is 0 Å². The maximum Gasteiger partial charge on any atom is 0.490 e. The van der Waals surface area contributed by atoms with Gasteiger partial charge in [0.25, 0.3) is 0 Å². The van der Waals surface area contributed by atoms with Gasteiger partial charge in [-0.15, -0.1) is 0 Å². The summed E-state index contributed by atoms with van der Waals surface area (Å²) in [6.45, 7) is 6.46. The number of ether oxygens (including phenoxy) is 1. The Labute approximate surface area is 108 Å². The minimum atomic E-state index is -5.08. The number of aliphatic carboxylic acids is 1. The molecule has 3 N–H and O–H groups in total. The van der Waals surface area contributed by atoms with Gasteiger partial charge in [-0.05, 0) is 19.3 Å². The van der Waals surface area contributed by atoms with Crippen molar-refractivity contribution >= 4 is 11.8 Å². The second-order valence-electron chi connectivity index (χ2n) is 4.92. The number of carboxylic acid groups (broad SMARTS) is 1. The van der Waals surface area contributed by atoms with E-state index in [-0.39, 0.29) is 11.8 Å². The summed E-state index contributed by atoms with van der Waals surface area (Å²) < 4.78 is 36.8. The number of hydrogen-bond donors (Lipinski definition) is 2. The smallest absolute Gasteiger partial charge is 0.475 e. The fraction of sp³-hybridized carbons (Fsp3) is 0.818. The summed E-state index contributed by atoms with van der Waals surface area (Å²) in [6, 6.07) is -0.350. The van der Waals surface area contributed by atoms with Crippen LogP contribution in [0.15, 0.2) is 0 Å². The highest BCUT2D eigenvalue weighted by atomic mass is 19.4. The standard InChI is InChI=1S/C9H17NO2.C2HF3O2/c1-6(2)4-7(10)8(11)9(3)5-12-9;3-2(4,5)1(6)7/h6-7H,4-5,10H2,1-3H3;(H,6,7). The summed E-state index contributed by atoms with van der Waals surface area (Å²) in [5.74, 6) is -2.24. The molecule has 8 heteroatoms. The van der Waals surface area contributed by atoms with Crippen molar-refractivity contribution in [2.45, 2.75) is 45.0 Å². The molecule has 0 spiro atoms. The van der Waals surface area contributed by atoms with E-state index in [1.54, 1.807) is 6.92 Å². The Morgan fingerprint density at radius 3 is 2.00 bits per heavy atom. The van der Waals surface area contributed by atoms with Crippen molar-refractivity contribution in [3.63, 3.8) is 0 Å². The molecule has 0 amide bonds. The molecule has 1 saturated heterocycles. The van der Waals surface area contributed by atoms with E-state index in [4.69, 9.17) is 20.4 Å². The molecule has 1 fully saturated rings. The summed E-state index contributed by atoms with van der Waals surface area (Å²) >= 11 is 0. The van der Waals surface area contributed by atoms with E-state index in [0.717, 1.165) is 6.42 Å². The minimum absolute atomic E-state index is 0.0520. The number of hydrogen-bond acceptors (Lipinski definition) is 4. The van der Waals surface area contributed by atoms with Crippen molar-refractivity contribution in [1.29, 1.82) is 0 Å². The third-order valence-corrected chi connectivity index (χ3v) is 2.40. The van der Waals surface area contributed by atoms with E-state index < -0.39 is 17.7 Å². The highest BCUT2D eigenvalue weighted by Gasteiger charge is 2.48. The van der Waals surface area contributed by atoms with Crippen LogP contribution in [0.1, 0.15) is 27.2 Å². The predicted molar refractivity (Wildman–Crippen MR) is 60.5 cm³/mol. The second-order valence-corrected chi connectivity index (χ2v) is 4.92. The lowest BCUT2D eigenvalue weighted by atomic mass is 9.94. The van der Waals surface area contributed by atoms with Gasteiger partial charge in [-0.25, -0.2) is 4.79 Å². The lowest BCUT2D eigenvalue weighted by molar-refractivity contribution is -0.192. The molecule has 5 nitrogen and oxygen atoms in total. The van der Waals surface area contributed by atoms with Crippen molar-refractivity contribution in [2.75, 3.05) is 6.61 Å². The zero-order valence-corrected chi connectivity index (χ0v) is 11.0. The third-order valence-electron chi connectivity index (χ3n) is 2.40. The van der Waals surface area contributed by atoms with Crippen LogP contribution in [0, 0.1) is 5.92 Å². The summed E-state index contributed by atoms with van der Waals surface area (Å²) in [7, 11) is 0. The van der Waals surface area contributed by atoms with Crippen LogP contribution in [0.25, 0.3) is 0 Å². The van der Waals surface area contributed by atoms with Crippen molar-refractivity contribution in [3.8, 4) is 0 Å². The Balaban J connectivity index is 0.000000399. The molecule has 2 unspecified atom stereocenters. The molecule has 1 aliphatic heterocycles. The van der Waals surface area contributed by atoms with Gasteiger partial charge in [0.1, 0.15) is 5.60 Å². The van der Waals surface area contributed by atoms with Gasteiger partial charge in [0.15, 0.2) is 5.78 Å². The Morgan fingerprint density at radius 2 is 1.79 bits per heavy atom. The molecule has 1 aliphatic rings. The van der Waals surface area contributed by atoms with Gasteiger partial charge in [-0.2, -0.15) is 13.2 Å². The summed E-state index contributed by atoms with van der Waals surface area (Å²) in [6.07, 6.45) is -4.34. The molecule has 0 bridgehead atoms. The zero-order chi connectivity index (χ0) is 15.4. The number of carboxylic acids is 1. The van der Waals surface area contributed by atoms with Crippen molar-refractivity contribution in [3.05, 3.63) is 0 Å². The average molecular weight is 285 g/mol. The van der Waals surface area contributed by atoms with Gasteiger partial charge in [0.05, 0.1) is 12.6 Å². The molecule has 19 heavy (non-hydrogen) atoms. The Hall–Kier alpha value is -1.15. The van der Waals surface area contributed by atoms with Gasteiger partial charge in [0, 0.05) is 0 Å². The second kappa shape index (κ2) is 6.33. The first kappa shape index (κ1) is 17.8. The van der Waals surface area contributed by atoms with Gasteiger partial charge in [-0.3, -0.25) is 4.79 Å². The number of nitrogens with two attached hydrogens (primary N) is 1. The predicted octanol–water partition coefficient (Wildman–Crippen LogP) is 1.35. The molecule has 0 aromatic heterocycles. The molecular weight excluding hydrogens is 267 g/mol. The molecule has 0 aliphatic carbocycles. The number of rotatable bonds is 4. The highest BCUT2D eigenvalue weighted by molar-refractivity contribution is 5.93. The van der Waals surface area contributed by atoms with E-state index in [1.807, 2.05) is 0 Å². The Kier molecular flexibility index (Phi) is 5.95. The third kappa shape index (κ3) is 6.53. The molecule has 0 aromatic rings. The first-order valence-corrected chi connectivity index (χ1v) is 5.64. The van der Waals surface area contributed by atoms with Crippen molar-refractivity contribution in [1.82, 2.24) is 0 Å². The molecule has 112 valence electrons. The van der Waals surface area contributed by atoms with Crippen LogP contribution in [-0.4, -0.2) is 41.3 Å². The van der Waals surface area contributed by atoms with Crippen LogP contribution in [0.5, 0.6) is 0 Å². The number of carbonyl (C=O) groups is 2. The Morgan fingerprint density at radius 1 is 1.42 bits per heavy atom. The number of halogens is 3. The normalized spacial score (nSPS) is 23.4. The van der Waals surface area contributed by atoms with E-state index in [2.05, 4.69) is 13.8 Å². The van der Waals surface area contributed by atoms with Crippen LogP contribution in [0.3, 0.4) is 0 Å². The van der Waals surface area contributed by atoms with Crippen LogP contribution in [0.2, 0.25) is 0 Å². The molecule has 1 rings (SSSR count). The molecular formula is C11H18F3NO4. The van der Waals surface area contributed by atoms with Crippen LogP contribution >= 0.6 is 0 Å². The van der Waals surface area contributed by atoms with E-state index in [9.17, 15) is 18.0 Å². The molecule has 0 radical (unpaired) electrons. The van der Waals surface area contributed by atoms with E-state index in [0.29, 0.717) is 12.5 Å². The summed E-state index contributed by atoms with van der Waals surface area (Å²) in [5, 5.41) is 7.12. The number of Topliss-reactive ketones (excluding diaryl/α,β-unsaturated/α-hetero) is 1. The van der Waals surface area contributed by atoms with E-state index in [1.165, 1.54) is 0 Å². The van der Waals surface area contributed by atoms with Crippen LogP contribution in [0.4, 0.5) is 13.2 Å². The molecule has 0 saturated carbocycles. The quantitative estimate of drug-likeness (QED) is 0.761. The number of carbonyl (C=O) groups excluding carboxylic acids is 1. The number of ketones is 1. The zero-order valence-electron chi connectivity index (χ0n) is 11.0. The van der Waals surface area contributed by atoms with Crippen LogP contribution in [-0.2, 0) is 14.3 Å². The maximum absolute atomic E-state index is 11.5. The largest absolute Gasteiger partial charge is 0.490 e. The Bertz CT molecular complexity index is 337. The number of epoxide rings is 1. The molecule has 2 atom stereocenters. The monoisotopic (exact) mass is 285 g/mol. The van der Waals surface area contributed by atoms with Gasteiger partial charge in [0.2, 0.25) is 0 Å². The lowest BCUT2D eigenvalue weighted by Gasteiger charge is -2.14. The average Bonchev–Trinajstić information content (AvgIpc) is 2.95. The first-order valence-electron chi connectivity index (χ1n) is 5.64. The first-order chi connectivity index (χ1) is 8.40. The molecule has 1 heterocycles. The number of alkyl halides is 3. The minimum Gasteiger partial charge on any atom is -0.475 e. The van der Waals surface area contributed by atoms with Crippen molar-refractivity contribution in [2.24, 2.45) is 11.7 Å². The SMILES string of the molecule is CC(C)CC(N)C(=O)C1(C)CO1.O=C(O)C(F)(F)F. The topological polar surface area (TPSA) is 92.9 Å². The fourth-order valence-electron chi connectivity index (χ4n) is 1.26. The van der Waals surface area contributed by atoms with Gasteiger partial charge in [-0.1, -0.05) is 13.8 Å². The van der Waals surface area contributed by atoms with Gasteiger partial charge < -0.3 is 15.6 Å². The summed E-state index contributed by atoms with van der Waals surface area (Å²) in [5.41, 5.74) is 5.17.